The predicted molar refractivity (Wildman–Crippen MR) is 134 cm³/mol. The molecule has 1 aliphatic rings. The third-order valence-corrected chi connectivity index (χ3v) is 7.10. The minimum absolute atomic E-state index is 0.00298. The van der Waals surface area contributed by atoms with E-state index in [1.807, 2.05) is 61.5 Å². The number of nitrogens with zero attached hydrogens (tertiary/aromatic N) is 3. The maximum atomic E-state index is 15.1. The highest BCUT2D eigenvalue weighted by Crippen LogP contribution is 2.49. The van der Waals surface area contributed by atoms with Crippen LogP contribution in [0.25, 0.3) is 16.9 Å². The van der Waals surface area contributed by atoms with Crippen molar-refractivity contribution in [1.82, 2.24) is 9.78 Å². The minimum Gasteiger partial charge on any atom is -0.480 e. The van der Waals surface area contributed by atoms with Crippen molar-refractivity contribution < 1.29 is 19.1 Å². The maximum Gasteiger partial charge on any atom is 0.323 e. The summed E-state index contributed by atoms with van der Waals surface area (Å²) in [6.07, 6.45) is 0. The number of halogens is 1. The number of thioether (sulfide) groups is 1. The van der Waals surface area contributed by atoms with Gasteiger partial charge in [0.2, 0.25) is 5.91 Å². The number of aromatic nitrogens is 2. The van der Waals surface area contributed by atoms with Crippen molar-refractivity contribution in [2.75, 3.05) is 17.2 Å². The Morgan fingerprint density at radius 2 is 1.83 bits per heavy atom. The van der Waals surface area contributed by atoms with Gasteiger partial charge in [0.1, 0.15) is 18.2 Å². The Labute approximate surface area is 206 Å². The summed E-state index contributed by atoms with van der Waals surface area (Å²) >= 11 is 1.28. The van der Waals surface area contributed by atoms with Crippen molar-refractivity contribution in [1.29, 1.82) is 0 Å². The van der Waals surface area contributed by atoms with Crippen LogP contribution in [0.5, 0.6) is 0 Å². The fourth-order valence-corrected chi connectivity index (χ4v) is 5.56. The van der Waals surface area contributed by atoms with E-state index < -0.39 is 23.6 Å². The summed E-state index contributed by atoms with van der Waals surface area (Å²) in [6.45, 7) is 1.42. The number of hydrogen-bond acceptors (Lipinski definition) is 4. The highest BCUT2D eigenvalue weighted by Gasteiger charge is 2.38. The molecule has 8 heteroatoms. The number of carboxylic acid groups (broad SMARTS) is 1. The Bertz CT molecular complexity index is 1420. The van der Waals surface area contributed by atoms with Gasteiger partial charge >= 0.3 is 5.97 Å². The number of aryl methyl sites for hydroxylation is 1. The number of anilines is 1. The third kappa shape index (κ3) is 4.33. The lowest BCUT2D eigenvalue weighted by Crippen LogP contribution is -2.38. The average molecular weight is 488 g/mol. The van der Waals surface area contributed by atoms with Crippen LogP contribution in [0.15, 0.2) is 78.9 Å². The zero-order valence-corrected chi connectivity index (χ0v) is 19.7. The summed E-state index contributed by atoms with van der Waals surface area (Å²) in [6, 6.07) is 23.5. The van der Waals surface area contributed by atoms with Gasteiger partial charge in [0, 0.05) is 16.7 Å². The normalized spacial score (nSPS) is 15.5. The van der Waals surface area contributed by atoms with Crippen LogP contribution in [-0.2, 0) is 9.59 Å². The second-order valence-electron chi connectivity index (χ2n) is 8.29. The fraction of sp³-hybridized carbons (Fsp3) is 0.148. The molecule has 0 aliphatic carbocycles. The molecule has 0 saturated heterocycles. The molecule has 0 saturated carbocycles. The standard InChI is InChI=1S/C27H22FN3O3S/c1-17-8-7-11-19(14-17)31-27-24(25(29-31)18-9-3-2-4-10-18)26(20-12-5-6-13-21(20)28)35-16-22(32)30(27)15-23(33)34/h2-14,26H,15-16H2,1H3,(H,33,34). The van der Waals surface area contributed by atoms with E-state index in [2.05, 4.69) is 0 Å². The molecule has 0 spiro atoms. The molecule has 0 fully saturated rings. The number of hydrogen-bond donors (Lipinski definition) is 1. The van der Waals surface area contributed by atoms with Crippen LogP contribution in [-0.4, -0.2) is 39.1 Å². The van der Waals surface area contributed by atoms with Gasteiger partial charge in [-0.2, -0.15) is 5.10 Å². The molecule has 6 nitrogen and oxygen atoms in total. The van der Waals surface area contributed by atoms with Crippen molar-refractivity contribution in [2.45, 2.75) is 12.2 Å². The van der Waals surface area contributed by atoms with Crippen molar-refractivity contribution in [3.63, 3.8) is 0 Å². The second kappa shape index (κ2) is 9.38. The summed E-state index contributed by atoms with van der Waals surface area (Å²) in [5, 5.41) is 14.0. The van der Waals surface area contributed by atoms with Gasteiger partial charge in [-0.05, 0) is 30.7 Å². The summed E-state index contributed by atoms with van der Waals surface area (Å²) in [5.74, 6) is -1.55. The van der Waals surface area contributed by atoms with E-state index in [4.69, 9.17) is 5.10 Å². The Hall–Kier alpha value is -3.91. The molecule has 35 heavy (non-hydrogen) atoms. The van der Waals surface area contributed by atoms with E-state index in [0.717, 1.165) is 11.1 Å². The number of amides is 1. The zero-order chi connectivity index (χ0) is 24.5. The lowest BCUT2D eigenvalue weighted by atomic mass is 9.99. The first kappa shape index (κ1) is 22.9. The predicted octanol–water partition coefficient (Wildman–Crippen LogP) is 5.24. The molecule has 5 rings (SSSR count). The third-order valence-electron chi connectivity index (χ3n) is 5.86. The van der Waals surface area contributed by atoms with Crippen LogP contribution in [0.3, 0.4) is 0 Å². The van der Waals surface area contributed by atoms with Gasteiger partial charge in [-0.1, -0.05) is 60.7 Å². The van der Waals surface area contributed by atoms with E-state index in [9.17, 15) is 14.7 Å². The van der Waals surface area contributed by atoms with E-state index >= 15 is 4.39 Å². The summed E-state index contributed by atoms with van der Waals surface area (Å²) < 4.78 is 16.7. The summed E-state index contributed by atoms with van der Waals surface area (Å²) in [4.78, 5) is 26.4. The van der Waals surface area contributed by atoms with Crippen molar-refractivity contribution in [3.05, 3.63) is 101 Å². The molecule has 4 aromatic rings. The summed E-state index contributed by atoms with van der Waals surface area (Å²) in [7, 11) is 0. The number of aliphatic carboxylic acids is 1. The van der Waals surface area contributed by atoms with Gasteiger partial charge in [0.15, 0.2) is 0 Å². The number of benzene rings is 3. The largest absolute Gasteiger partial charge is 0.480 e. The highest BCUT2D eigenvalue weighted by atomic mass is 32.2. The molecular formula is C27H22FN3O3S. The molecule has 1 aromatic heterocycles. The Morgan fingerprint density at radius 3 is 2.54 bits per heavy atom. The molecule has 3 aromatic carbocycles. The Morgan fingerprint density at radius 1 is 1.09 bits per heavy atom. The van der Waals surface area contributed by atoms with E-state index in [1.165, 1.54) is 22.7 Å². The number of carboxylic acids is 1. The van der Waals surface area contributed by atoms with Gasteiger partial charge in [0.05, 0.1) is 22.4 Å². The van der Waals surface area contributed by atoms with E-state index in [-0.39, 0.29) is 11.7 Å². The van der Waals surface area contributed by atoms with Crippen LogP contribution in [0.2, 0.25) is 0 Å². The number of rotatable bonds is 5. The minimum atomic E-state index is -1.14. The quantitative estimate of drug-likeness (QED) is 0.417. The van der Waals surface area contributed by atoms with Crippen LogP contribution < -0.4 is 4.90 Å². The van der Waals surface area contributed by atoms with Gasteiger partial charge in [-0.15, -0.1) is 11.8 Å². The molecule has 0 bridgehead atoms. The smallest absolute Gasteiger partial charge is 0.323 e. The fourth-order valence-electron chi connectivity index (χ4n) is 4.34. The molecule has 1 amide bonds. The molecule has 1 unspecified atom stereocenters. The molecular weight excluding hydrogens is 465 g/mol. The van der Waals surface area contributed by atoms with Crippen LogP contribution in [0.1, 0.15) is 21.9 Å². The monoisotopic (exact) mass is 487 g/mol. The van der Waals surface area contributed by atoms with Gasteiger partial charge in [0.25, 0.3) is 0 Å². The first-order valence-electron chi connectivity index (χ1n) is 11.1. The molecule has 2 heterocycles. The molecule has 176 valence electrons. The number of fused-ring (bicyclic) bond motifs is 1. The molecule has 1 N–H and O–H groups in total. The number of carbonyl (C=O) groups is 2. The van der Waals surface area contributed by atoms with Crippen LogP contribution in [0, 0.1) is 12.7 Å². The van der Waals surface area contributed by atoms with Crippen molar-refractivity contribution in [2.24, 2.45) is 0 Å². The first-order valence-corrected chi connectivity index (χ1v) is 12.1. The molecule has 1 atom stereocenters. The van der Waals surface area contributed by atoms with E-state index in [1.54, 1.807) is 22.9 Å². The average Bonchev–Trinajstić information content (AvgIpc) is 3.18. The lowest BCUT2D eigenvalue weighted by Gasteiger charge is -2.22. The van der Waals surface area contributed by atoms with E-state index in [0.29, 0.717) is 28.3 Å². The SMILES string of the molecule is Cc1cccc(-n2nc(-c3ccccc3)c3c2N(CC(=O)O)C(=O)CSC3c2ccccc2F)c1. The van der Waals surface area contributed by atoms with Gasteiger partial charge in [-0.25, -0.2) is 9.07 Å². The topological polar surface area (TPSA) is 75.4 Å². The lowest BCUT2D eigenvalue weighted by molar-refractivity contribution is -0.136. The number of carbonyl (C=O) groups excluding carboxylic acids is 1. The Kier molecular flexibility index (Phi) is 6.13. The molecule has 1 aliphatic heterocycles. The van der Waals surface area contributed by atoms with Crippen molar-refractivity contribution in [3.8, 4) is 16.9 Å². The second-order valence-corrected chi connectivity index (χ2v) is 9.38. The highest BCUT2D eigenvalue weighted by molar-refractivity contribution is 8.00. The van der Waals surface area contributed by atoms with Crippen LogP contribution in [0.4, 0.5) is 10.2 Å². The summed E-state index contributed by atoms with van der Waals surface area (Å²) in [5.41, 5.74) is 4.07. The maximum absolute atomic E-state index is 15.1. The van der Waals surface area contributed by atoms with Gasteiger partial charge < -0.3 is 5.11 Å². The van der Waals surface area contributed by atoms with Crippen LogP contribution >= 0.6 is 11.8 Å². The van der Waals surface area contributed by atoms with Gasteiger partial charge in [-0.3, -0.25) is 14.5 Å². The molecule has 0 radical (unpaired) electrons. The first-order chi connectivity index (χ1) is 16.9. The van der Waals surface area contributed by atoms with Crippen molar-refractivity contribution >= 4 is 29.5 Å². The Balaban J connectivity index is 1.87. The zero-order valence-electron chi connectivity index (χ0n) is 18.9.